The summed E-state index contributed by atoms with van der Waals surface area (Å²) in [5.74, 6) is -1.72. The van der Waals surface area contributed by atoms with Crippen molar-refractivity contribution < 1.29 is 14.7 Å². The third-order valence-corrected chi connectivity index (χ3v) is 2.60. The van der Waals surface area contributed by atoms with Gasteiger partial charge >= 0.3 is 5.97 Å². The Morgan fingerprint density at radius 2 is 1.88 bits per heavy atom. The molecule has 7 nitrogen and oxygen atoms in total. The van der Waals surface area contributed by atoms with Crippen molar-refractivity contribution in [2.24, 2.45) is 0 Å². The third kappa shape index (κ3) is 2.32. The maximum Gasteiger partial charge on any atom is 0.329 e. The topological polar surface area (TPSA) is 109 Å². The molecule has 0 radical (unpaired) electrons. The largest absolute Gasteiger partial charge is 0.480 e. The van der Waals surface area contributed by atoms with Gasteiger partial charge in [0.1, 0.15) is 5.54 Å². The third-order valence-electron chi connectivity index (χ3n) is 2.60. The second kappa shape index (κ2) is 4.36. The van der Waals surface area contributed by atoms with Crippen LogP contribution in [0.25, 0.3) is 0 Å². The van der Waals surface area contributed by atoms with E-state index in [1.807, 2.05) is 0 Å². The van der Waals surface area contributed by atoms with E-state index in [-0.39, 0.29) is 11.5 Å². The molecule has 0 spiro atoms. The summed E-state index contributed by atoms with van der Waals surface area (Å²) in [7, 11) is 1.38. The Morgan fingerprint density at radius 1 is 1.35 bits per heavy atom. The number of hydrogen-bond acceptors (Lipinski definition) is 5. The van der Waals surface area contributed by atoms with E-state index in [0.29, 0.717) is 0 Å². The van der Waals surface area contributed by atoms with Crippen molar-refractivity contribution in [2.45, 2.75) is 19.4 Å². The molecule has 0 saturated carbocycles. The molecule has 0 aliphatic rings. The van der Waals surface area contributed by atoms with Crippen molar-refractivity contribution in [1.29, 1.82) is 0 Å². The van der Waals surface area contributed by atoms with Crippen LogP contribution in [0.5, 0.6) is 0 Å². The molecule has 1 aromatic heterocycles. The minimum absolute atomic E-state index is 0.0226. The molecule has 3 N–H and O–H groups in total. The number of hydrogen-bond donors (Lipinski definition) is 2. The van der Waals surface area contributed by atoms with Gasteiger partial charge in [-0.2, -0.15) is 0 Å². The highest BCUT2D eigenvalue weighted by atomic mass is 16.4. The van der Waals surface area contributed by atoms with Gasteiger partial charge in [0.15, 0.2) is 11.5 Å². The molecule has 1 amide bonds. The van der Waals surface area contributed by atoms with Gasteiger partial charge < -0.3 is 15.7 Å². The average Bonchev–Trinajstić information content (AvgIpc) is 2.27. The Balaban J connectivity index is 3.07. The molecule has 1 heterocycles. The van der Waals surface area contributed by atoms with E-state index < -0.39 is 17.4 Å². The second-order valence-electron chi connectivity index (χ2n) is 4.02. The summed E-state index contributed by atoms with van der Waals surface area (Å²) in [5, 5.41) is 9.02. The zero-order chi connectivity index (χ0) is 13.2. The molecule has 0 aromatic carbocycles. The summed E-state index contributed by atoms with van der Waals surface area (Å²) < 4.78 is 0. The fraction of sp³-hybridized carbons (Fsp3) is 0.400. The van der Waals surface area contributed by atoms with E-state index in [9.17, 15) is 9.59 Å². The Kier molecular flexibility index (Phi) is 3.31. The molecular weight excluding hydrogens is 224 g/mol. The first-order valence-corrected chi connectivity index (χ1v) is 4.86. The van der Waals surface area contributed by atoms with Crippen LogP contribution in [0.3, 0.4) is 0 Å². The van der Waals surface area contributed by atoms with Gasteiger partial charge in [-0.15, -0.1) is 0 Å². The number of aromatic nitrogens is 2. The number of nitrogen functional groups attached to an aromatic ring is 1. The van der Waals surface area contributed by atoms with Crippen LogP contribution >= 0.6 is 0 Å². The van der Waals surface area contributed by atoms with Gasteiger partial charge in [-0.25, -0.2) is 14.8 Å². The van der Waals surface area contributed by atoms with Gasteiger partial charge in [0.2, 0.25) is 0 Å². The van der Waals surface area contributed by atoms with Crippen molar-refractivity contribution in [1.82, 2.24) is 14.9 Å². The highest BCUT2D eigenvalue weighted by molar-refractivity contribution is 5.99. The fourth-order valence-corrected chi connectivity index (χ4v) is 1.07. The number of anilines is 1. The maximum atomic E-state index is 12.0. The first kappa shape index (κ1) is 12.9. The normalized spacial score (nSPS) is 11.0. The molecular formula is C10H14N4O3. The molecule has 1 aromatic rings. The predicted molar refractivity (Wildman–Crippen MR) is 60.3 cm³/mol. The smallest absolute Gasteiger partial charge is 0.329 e. The number of carboxylic acids is 1. The van der Waals surface area contributed by atoms with Crippen molar-refractivity contribution in [3.05, 3.63) is 18.1 Å². The average molecular weight is 238 g/mol. The molecule has 0 aliphatic carbocycles. The number of carboxylic acid groups (broad SMARTS) is 1. The lowest BCUT2D eigenvalue weighted by Crippen LogP contribution is -2.51. The monoisotopic (exact) mass is 238 g/mol. The van der Waals surface area contributed by atoms with E-state index in [1.54, 1.807) is 0 Å². The van der Waals surface area contributed by atoms with Crippen molar-refractivity contribution in [2.75, 3.05) is 12.8 Å². The highest BCUT2D eigenvalue weighted by Gasteiger charge is 2.36. The summed E-state index contributed by atoms with van der Waals surface area (Å²) >= 11 is 0. The van der Waals surface area contributed by atoms with Gasteiger partial charge in [-0.1, -0.05) is 0 Å². The molecule has 17 heavy (non-hydrogen) atoms. The molecule has 1 rings (SSSR count). The van der Waals surface area contributed by atoms with Gasteiger partial charge in [-0.3, -0.25) is 4.79 Å². The van der Waals surface area contributed by atoms with Crippen LogP contribution in [0.1, 0.15) is 24.3 Å². The van der Waals surface area contributed by atoms with E-state index in [2.05, 4.69) is 9.97 Å². The minimum Gasteiger partial charge on any atom is -0.480 e. The van der Waals surface area contributed by atoms with Crippen LogP contribution in [-0.4, -0.2) is 44.4 Å². The summed E-state index contributed by atoms with van der Waals surface area (Å²) in [4.78, 5) is 31.6. The lowest BCUT2D eigenvalue weighted by molar-refractivity contribution is -0.147. The number of aliphatic carboxylic acids is 1. The predicted octanol–water partition coefficient (Wildman–Crippen LogP) is -0.00600. The molecule has 0 atom stereocenters. The van der Waals surface area contributed by atoms with Crippen molar-refractivity contribution in [3.8, 4) is 0 Å². The lowest BCUT2D eigenvalue weighted by Gasteiger charge is -2.31. The molecule has 7 heteroatoms. The molecule has 0 aliphatic heterocycles. The van der Waals surface area contributed by atoms with Crippen molar-refractivity contribution in [3.63, 3.8) is 0 Å². The van der Waals surface area contributed by atoms with Crippen LogP contribution in [0.2, 0.25) is 0 Å². The van der Waals surface area contributed by atoms with Gasteiger partial charge in [0, 0.05) is 19.4 Å². The Labute approximate surface area is 98.3 Å². The molecule has 92 valence electrons. The first-order valence-electron chi connectivity index (χ1n) is 4.86. The van der Waals surface area contributed by atoms with E-state index >= 15 is 0 Å². The minimum atomic E-state index is -1.35. The molecule has 0 fully saturated rings. The number of amides is 1. The van der Waals surface area contributed by atoms with E-state index in [0.717, 1.165) is 4.90 Å². The number of nitrogens with two attached hydrogens (primary N) is 1. The number of carbonyl (C=O) groups excluding carboxylic acids is 1. The number of nitrogens with zero attached hydrogens (tertiary/aromatic N) is 3. The van der Waals surface area contributed by atoms with Crippen LogP contribution in [0.15, 0.2) is 12.4 Å². The SMILES string of the molecule is CN(C(=O)c1nccnc1N)C(C)(C)C(=O)O. The zero-order valence-corrected chi connectivity index (χ0v) is 9.84. The Morgan fingerprint density at radius 3 is 2.35 bits per heavy atom. The Hall–Kier alpha value is -2.18. The quantitative estimate of drug-likeness (QED) is 0.766. The van der Waals surface area contributed by atoms with Crippen LogP contribution in [0, 0.1) is 0 Å². The van der Waals surface area contributed by atoms with Gasteiger partial charge in [-0.05, 0) is 13.8 Å². The lowest BCUT2D eigenvalue weighted by atomic mass is 10.0. The highest BCUT2D eigenvalue weighted by Crippen LogP contribution is 2.17. The number of likely N-dealkylation sites (N-methyl/N-ethyl adjacent to an activating group) is 1. The summed E-state index contributed by atoms with van der Waals surface area (Å²) in [6.45, 7) is 2.83. The molecule has 0 saturated heterocycles. The van der Waals surface area contributed by atoms with Crippen molar-refractivity contribution >= 4 is 17.7 Å². The second-order valence-corrected chi connectivity index (χ2v) is 4.02. The molecule has 0 unspecified atom stereocenters. The summed E-state index contributed by atoms with van der Waals surface area (Å²) in [5.41, 5.74) is 4.11. The molecule has 0 bridgehead atoms. The van der Waals surface area contributed by atoms with E-state index in [4.69, 9.17) is 10.8 Å². The number of carbonyl (C=O) groups is 2. The van der Waals surface area contributed by atoms with Crippen LogP contribution in [-0.2, 0) is 4.79 Å². The van der Waals surface area contributed by atoms with Crippen LogP contribution in [0.4, 0.5) is 5.82 Å². The fourth-order valence-electron chi connectivity index (χ4n) is 1.07. The summed E-state index contributed by atoms with van der Waals surface area (Å²) in [6.07, 6.45) is 2.68. The zero-order valence-electron chi connectivity index (χ0n) is 9.84. The van der Waals surface area contributed by atoms with Gasteiger partial charge in [0.25, 0.3) is 5.91 Å². The van der Waals surface area contributed by atoms with Gasteiger partial charge in [0.05, 0.1) is 0 Å². The number of rotatable bonds is 3. The Bertz CT molecular complexity index is 459. The van der Waals surface area contributed by atoms with Crippen LogP contribution < -0.4 is 5.73 Å². The van der Waals surface area contributed by atoms with E-state index in [1.165, 1.54) is 33.3 Å². The maximum absolute atomic E-state index is 12.0. The summed E-state index contributed by atoms with van der Waals surface area (Å²) in [6, 6.07) is 0. The standard InChI is InChI=1S/C10H14N4O3/c1-10(2,9(16)17)14(3)8(15)6-7(11)13-5-4-12-6/h4-5H,1-3H3,(H2,11,13)(H,16,17). The first-order chi connectivity index (χ1) is 7.78.